The van der Waals surface area contributed by atoms with Gasteiger partial charge in [0.2, 0.25) is 5.91 Å². The van der Waals surface area contributed by atoms with E-state index in [2.05, 4.69) is 10.6 Å². The van der Waals surface area contributed by atoms with Crippen LogP contribution in [0.15, 0.2) is 24.3 Å². The second-order valence-electron chi connectivity index (χ2n) is 6.31. The molecule has 0 saturated carbocycles. The molecule has 3 rings (SSSR count). The van der Waals surface area contributed by atoms with Crippen LogP contribution in [0.1, 0.15) is 37.7 Å². The van der Waals surface area contributed by atoms with Crippen LogP contribution >= 0.6 is 0 Å². The quantitative estimate of drug-likeness (QED) is 0.896. The first-order valence-corrected chi connectivity index (χ1v) is 7.63. The van der Waals surface area contributed by atoms with Gasteiger partial charge in [-0.2, -0.15) is 13.2 Å². The van der Waals surface area contributed by atoms with Gasteiger partial charge in [0, 0.05) is 24.2 Å². The number of nitrogens with one attached hydrogen (secondary N) is 2. The maximum absolute atomic E-state index is 12.7. The number of fused-ring (bicyclic) bond motifs is 2. The van der Waals surface area contributed by atoms with Gasteiger partial charge < -0.3 is 10.6 Å². The SMILES string of the molecule is O=C(CC1CC2CCC(C1)N2)Nc1cccc(C(F)(F)F)c1. The molecule has 0 aliphatic carbocycles. The van der Waals surface area contributed by atoms with Crippen molar-refractivity contribution in [3.63, 3.8) is 0 Å². The van der Waals surface area contributed by atoms with Gasteiger partial charge in [-0.05, 0) is 49.8 Å². The molecule has 120 valence electrons. The molecular weight excluding hydrogens is 293 g/mol. The summed E-state index contributed by atoms with van der Waals surface area (Å²) in [6.45, 7) is 0. The number of hydrogen-bond donors (Lipinski definition) is 2. The van der Waals surface area contributed by atoms with E-state index in [9.17, 15) is 18.0 Å². The molecule has 0 radical (unpaired) electrons. The van der Waals surface area contributed by atoms with E-state index in [4.69, 9.17) is 0 Å². The number of piperidine rings is 1. The summed E-state index contributed by atoms with van der Waals surface area (Å²) in [6, 6.07) is 5.78. The second-order valence-corrected chi connectivity index (χ2v) is 6.31. The van der Waals surface area contributed by atoms with Gasteiger partial charge in [-0.1, -0.05) is 6.07 Å². The lowest BCUT2D eigenvalue weighted by Gasteiger charge is -2.28. The summed E-state index contributed by atoms with van der Waals surface area (Å²) in [5.41, 5.74) is -0.540. The molecule has 2 heterocycles. The minimum atomic E-state index is -4.39. The van der Waals surface area contributed by atoms with Crippen molar-refractivity contribution in [2.75, 3.05) is 5.32 Å². The summed E-state index contributed by atoms with van der Waals surface area (Å²) in [5, 5.41) is 6.10. The fourth-order valence-electron chi connectivity index (χ4n) is 3.59. The third-order valence-electron chi connectivity index (χ3n) is 4.52. The number of amides is 1. The molecule has 2 aliphatic heterocycles. The minimum Gasteiger partial charge on any atom is -0.326 e. The Hall–Kier alpha value is -1.56. The molecule has 2 saturated heterocycles. The molecule has 2 atom stereocenters. The van der Waals surface area contributed by atoms with Crippen molar-refractivity contribution < 1.29 is 18.0 Å². The van der Waals surface area contributed by atoms with E-state index in [1.54, 1.807) is 0 Å². The van der Waals surface area contributed by atoms with Crippen LogP contribution in [-0.4, -0.2) is 18.0 Å². The van der Waals surface area contributed by atoms with Crippen LogP contribution in [-0.2, 0) is 11.0 Å². The Balaban J connectivity index is 1.58. The number of alkyl halides is 3. The Morgan fingerprint density at radius 2 is 1.91 bits per heavy atom. The van der Waals surface area contributed by atoms with E-state index in [0.29, 0.717) is 24.4 Å². The first-order chi connectivity index (χ1) is 10.4. The highest BCUT2D eigenvalue weighted by Gasteiger charge is 2.34. The molecule has 1 amide bonds. The third-order valence-corrected chi connectivity index (χ3v) is 4.52. The van der Waals surface area contributed by atoms with Gasteiger partial charge in [-0.3, -0.25) is 4.79 Å². The highest BCUT2D eigenvalue weighted by atomic mass is 19.4. The summed E-state index contributed by atoms with van der Waals surface area (Å²) < 4.78 is 38.0. The molecule has 2 unspecified atom stereocenters. The number of rotatable bonds is 3. The molecule has 22 heavy (non-hydrogen) atoms. The first-order valence-electron chi connectivity index (χ1n) is 7.63. The smallest absolute Gasteiger partial charge is 0.326 e. The Kier molecular flexibility index (Phi) is 4.12. The van der Waals surface area contributed by atoms with Crippen LogP contribution in [0.3, 0.4) is 0 Å². The monoisotopic (exact) mass is 312 g/mol. The van der Waals surface area contributed by atoms with Gasteiger partial charge in [0.1, 0.15) is 0 Å². The van der Waals surface area contributed by atoms with Crippen molar-refractivity contribution in [1.82, 2.24) is 5.32 Å². The largest absolute Gasteiger partial charge is 0.416 e. The van der Waals surface area contributed by atoms with E-state index < -0.39 is 11.7 Å². The Morgan fingerprint density at radius 3 is 2.55 bits per heavy atom. The van der Waals surface area contributed by atoms with E-state index in [1.165, 1.54) is 12.1 Å². The number of halogens is 3. The Labute approximate surface area is 127 Å². The van der Waals surface area contributed by atoms with Crippen molar-refractivity contribution in [3.8, 4) is 0 Å². The van der Waals surface area contributed by atoms with E-state index >= 15 is 0 Å². The molecule has 2 fully saturated rings. The number of carbonyl (C=O) groups is 1. The van der Waals surface area contributed by atoms with Gasteiger partial charge in [0.25, 0.3) is 0 Å². The van der Waals surface area contributed by atoms with Gasteiger partial charge in [0.15, 0.2) is 0 Å². The van der Waals surface area contributed by atoms with Crippen molar-refractivity contribution >= 4 is 11.6 Å². The lowest BCUT2D eigenvalue weighted by molar-refractivity contribution is -0.137. The zero-order valence-electron chi connectivity index (χ0n) is 12.1. The van der Waals surface area contributed by atoms with Gasteiger partial charge >= 0.3 is 6.18 Å². The summed E-state index contributed by atoms with van der Waals surface area (Å²) >= 11 is 0. The van der Waals surface area contributed by atoms with Crippen LogP contribution in [0.2, 0.25) is 0 Å². The van der Waals surface area contributed by atoms with Crippen LogP contribution < -0.4 is 10.6 Å². The average molecular weight is 312 g/mol. The van der Waals surface area contributed by atoms with E-state index in [1.807, 2.05) is 0 Å². The van der Waals surface area contributed by atoms with Gasteiger partial charge in [0.05, 0.1) is 5.56 Å². The molecule has 0 spiro atoms. The zero-order chi connectivity index (χ0) is 15.7. The molecule has 6 heteroatoms. The fourth-order valence-corrected chi connectivity index (χ4v) is 3.59. The van der Waals surface area contributed by atoms with Crippen molar-refractivity contribution in [1.29, 1.82) is 0 Å². The van der Waals surface area contributed by atoms with Crippen molar-refractivity contribution in [2.24, 2.45) is 5.92 Å². The molecule has 2 N–H and O–H groups in total. The maximum Gasteiger partial charge on any atom is 0.416 e. The third kappa shape index (κ3) is 3.61. The van der Waals surface area contributed by atoms with E-state index in [-0.39, 0.29) is 11.6 Å². The van der Waals surface area contributed by atoms with Crippen LogP contribution in [0.4, 0.5) is 18.9 Å². The summed E-state index contributed by atoms with van der Waals surface area (Å²) in [5.74, 6) is 0.121. The fraction of sp³-hybridized carbons (Fsp3) is 0.562. The normalized spacial score (nSPS) is 27.7. The zero-order valence-corrected chi connectivity index (χ0v) is 12.1. The highest BCUT2D eigenvalue weighted by Crippen LogP contribution is 2.33. The van der Waals surface area contributed by atoms with Crippen LogP contribution in [0, 0.1) is 5.92 Å². The summed E-state index contributed by atoms with van der Waals surface area (Å²) in [7, 11) is 0. The standard InChI is InChI=1S/C16H19F3N2O/c17-16(18,19)11-2-1-3-12(9-11)21-15(22)8-10-6-13-4-5-14(7-10)20-13/h1-3,9-10,13-14,20H,4-8H2,(H,21,22). The highest BCUT2D eigenvalue weighted by molar-refractivity contribution is 5.90. The molecule has 1 aromatic carbocycles. The predicted octanol–water partition coefficient (Wildman–Crippen LogP) is 3.56. The lowest BCUT2D eigenvalue weighted by Crippen LogP contribution is -2.39. The lowest BCUT2D eigenvalue weighted by atomic mass is 9.89. The number of benzene rings is 1. The first kappa shape index (κ1) is 15.3. The second kappa shape index (κ2) is 5.91. The summed E-state index contributed by atoms with van der Waals surface area (Å²) in [6.07, 6.45) is 0.270. The maximum atomic E-state index is 12.7. The van der Waals surface area contributed by atoms with Gasteiger partial charge in [-0.15, -0.1) is 0 Å². The van der Waals surface area contributed by atoms with Crippen LogP contribution in [0.5, 0.6) is 0 Å². The molecule has 3 nitrogen and oxygen atoms in total. The Morgan fingerprint density at radius 1 is 1.23 bits per heavy atom. The summed E-state index contributed by atoms with van der Waals surface area (Å²) in [4.78, 5) is 12.1. The number of anilines is 1. The Bertz CT molecular complexity index is 547. The predicted molar refractivity (Wildman–Crippen MR) is 77.4 cm³/mol. The average Bonchev–Trinajstić information content (AvgIpc) is 2.77. The molecule has 2 bridgehead atoms. The van der Waals surface area contributed by atoms with Crippen LogP contribution in [0.25, 0.3) is 0 Å². The minimum absolute atomic E-state index is 0.203. The van der Waals surface area contributed by atoms with Crippen molar-refractivity contribution in [2.45, 2.75) is 50.4 Å². The van der Waals surface area contributed by atoms with E-state index in [0.717, 1.165) is 37.8 Å². The molecule has 0 aromatic heterocycles. The van der Waals surface area contributed by atoms with Crippen molar-refractivity contribution in [3.05, 3.63) is 29.8 Å². The molecule has 2 aliphatic rings. The number of carbonyl (C=O) groups excluding carboxylic acids is 1. The number of hydrogen-bond acceptors (Lipinski definition) is 2. The molecule has 1 aromatic rings. The molecular formula is C16H19F3N2O. The topological polar surface area (TPSA) is 41.1 Å². The van der Waals surface area contributed by atoms with Gasteiger partial charge in [-0.25, -0.2) is 0 Å².